The Hall–Kier alpha value is -2.42. The molecule has 8 nitrogen and oxygen atoms in total. The van der Waals surface area contributed by atoms with Crippen LogP contribution in [0.5, 0.6) is 0 Å². The van der Waals surface area contributed by atoms with Gasteiger partial charge in [0.25, 0.3) is 11.8 Å². The fourth-order valence-corrected chi connectivity index (χ4v) is 3.82. The number of urea groups is 1. The van der Waals surface area contributed by atoms with Crippen LogP contribution in [0.3, 0.4) is 0 Å². The second kappa shape index (κ2) is 7.86. The highest BCUT2D eigenvalue weighted by atomic mass is 32.1. The van der Waals surface area contributed by atoms with Crippen molar-refractivity contribution in [2.24, 2.45) is 5.92 Å². The Morgan fingerprint density at radius 3 is 2.81 bits per heavy atom. The third-order valence-corrected chi connectivity index (χ3v) is 5.40. The number of esters is 1. The monoisotopic (exact) mass is 379 g/mol. The first-order chi connectivity index (χ1) is 12.5. The van der Waals surface area contributed by atoms with Crippen molar-refractivity contribution < 1.29 is 23.9 Å². The van der Waals surface area contributed by atoms with E-state index < -0.39 is 29.9 Å². The Kier molecular flexibility index (Phi) is 5.55. The number of thiophene rings is 1. The van der Waals surface area contributed by atoms with Gasteiger partial charge >= 0.3 is 12.0 Å². The molecule has 2 aliphatic rings. The summed E-state index contributed by atoms with van der Waals surface area (Å²) in [6, 6.07) is 3.11. The number of hydrogen-bond donors (Lipinski definition) is 1. The fraction of sp³-hybridized carbons (Fsp3) is 0.529. The van der Waals surface area contributed by atoms with Gasteiger partial charge in [0.1, 0.15) is 0 Å². The minimum Gasteiger partial charge on any atom is -0.452 e. The molecule has 1 aromatic heterocycles. The smallest absolute Gasteiger partial charge is 0.324 e. The lowest BCUT2D eigenvalue weighted by molar-refractivity contribution is -0.162. The van der Waals surface area contributed by atoms with E-state index in [1.807, 2.05) is 11.4 Å². The molecule has 1 N–H and O–H groups in total. The number of carbonyl (C=O) groups is 4. The summed E-state index contributed by atoms with van der Waals surface area (Å²) < 4.78 is 5.29. The van der Waals surface area contributed by atoms with Crippen LogP contribution in [0.4, 0.5) is 4.79 Å². The van der Waals surface area contributed by atoms with Crippen LogP contribution in [0.1, 0.15) is 29.4 Å². The molecule has 2 atom stereocenters. The molecule has 2 fully saturated rings. The van der Waals surface area contributed by atoms with Crippen LogP contribution in [0.2, 0.25) is 0 Å². The largest absolute Gasteiger partial charge is 0.452 e. The molecule has 0 bridgehead atoms. The highest BCUT2D eigenvalue weighted by molar-refractivity contribution is 7.12. The molecular formula is C17H21N3O5S. The number of nitrogens with one attached hydrogen (secondary N) is 1. The highest BCUT2D eigenvalue weighted by Gasteiger charge is 2.35. The van der Waals surface area contributed by atoms with Crippen molar-refractivity contribution in [3.05, 3.63) is 22.4 Å². The third-order valence-electron chi connectivity index (χ3n) is 4.54. The number of piperidine rings is 1. The molecule has 140 valence electrons. The summed E-state index contributed by atoms with van der Waals surface area (Å²) in [6.07, 6.45) is 0.279. The van der Waals surface area contributed by atoms with Gasteiger partial charge in [-0.3, -0.25) is 19.3 Å². The van der Waals surface area contributed by atoms with E-state index in [-0.39, 0.29) is 19.0 Å². The van der Waals surface area contributed by atoms with Crippen molar-refractivity contribution in [1.82, 2.24) is 15.1 Å². The Labute approximate surface area is 155 Å². The summed E-state index contributed by atoms with van der Waals surface area (Å²) in [5.74, 6) is -1.59. The number of amides is 4. The zero-order chi connectivity index (χ0) is 18.7. The zero-order valence-electron chi connectivity index (χ0n) is 14.5. The maximum absolute atomic E-state index is 12.4. The lowest BCUT2D eigenvalue weighted by Gasteiger charge is -2.32. The molecule has 2 unspecified atom stereocenters. The molecule has 9 heteroatoms. The topological polar surface area (TPSA) is 96.0 Å². The van der Waals surface area contributed by atoms with Crippen molar-refractivity contribution in [2.75, 3.05) is 26.2 Å². The summed E-state index contributed by atoms with van der Waals surface area (Å²) in [7, 11) is 0. The molecule has 0 aliphatic carbocycles. The van der Waals surface area contributed by atoms with E-state index in [4.69, 9.17) is 4.74 Å². The van der Waals surface area contributed by atoms with E-state index >= 15 is 0 Å². The van der Waals surface area contributed by atoms with E-state index in [1.165, 1.54) is 18.3 Å². The summed E-state index contributed by atoms with van der Waals surface area (Å²) in [5, 5.41) is 4.37. The number of nitrogens with zero attached hydrogens (tertiary/aromatic N) is 2. The summed E-state index contributed by atoms with van der Waals surface area (Å²) in [4.78, 5) is 52.0. The SMILES string of the molecule is CC(OC(=O)C1CCCN(C(=O)c2cccs2)C1)C(=O)N1CCNC1=O. The molecule has 1 aromatic rings. The van der Waals surface area contributed by atoms with Crippen molar-refractivity contribution in [3.8, 4) is 0 Å². The van der Waals surface area contributed by atoms with Crippen LogP contribution < -0.4 is 5.32 Å². The Morgan fingerprint density at radius 1 is 1.35 bits per heavy atom. The van der Waals surface area contributed by atoms with Gasteiger partial charge in [-0.05, 0) is 31.2 Å². The molecule has 0 spiro atoms. The van der Waals surface area contributed by atoms with Crippen LogP contribution in [0.15, 0.2) is 17.5 Å². The van der Waals surface area contributed by atoms with Gasteiger partial charge in [-0.2, -0.15) is 0 Å². The number of carbonyl (C=O) groups excluding carboxylic acids is 4. The van der Waals surface area contributed by atoms with Crippen LogP contribution in [0, 0.1) is 5.92 Å². The van der Waals surface area contributed by atoms with Crippen LogP contribution in [0.25, 0.3) is 0 Å². The van der Waals surface area contributed by atoms with Crippen LogP contribution in [-0.4, -0.2) is 65.9 Å². The molecule has 2 saturated heterocycles. The van der Waals surface area contributed by atoms with Gasteiger partial charge in [0.15, 0.2) is 6.10 Å². The predicted molar refractivity (Wildman–Crippen MR) is 93.6 cm³/mol. The number of hydrogen-bond acceptors (Lipinski definition) is 6. The minimum absolute atomic E-state index is 0.0876. The Bertz CT molecular complexity index is 705. The summed E-state index contributed by atoms with van der Waals surface area (Å²) in [5.41, 5.74) is 0. The Balaban J connectivity index is 1.56. The number of ether oxygens (including phenoxy) is 1. The van der Waals surface area contributed by atoms with Gasteiger partial charge in [0, 0.05) is 26.2 Å². The molecular weight excluding hydrogens is 358 g/mol. The zero-order valence-corrected chi connectivity index (χ0v) is 15.3. The second-order valence-corrected chi connectivity index (χ2v) is 7.32. The van der Waals surface area contributed by atoms with E-state index in [2.05, 4.69) is 5.32 Å². The van der Waals surface area contributed by atoms with Crippen molar-refractivity contribution >= 4 is 35.2 Å². The standard InChI is InChI=1S/C17H21N3O5S/c1-11(14(21)20-8-6-18-17(20)24)25-16(23)12-4-2-7-19(10-12)15(22)13-5-3-9-26-13/h3,5,9,11-12H,2,4,6-8,10H2,1H3,(H,18,24). The molecule has 2 aliphatic heterocycles. The maximum atomic E-state index is 12.4. The molecule has 3 rings (SSSR count). The van der Waals surface area contributed by atoms with E-state index in [1.54, 1.807) is 11.0 Å². The average molecular weight is 379 g/mol. The van der Waals surface area contributed by atoms with Gasteiger partial charge in [-0.1, -0.05) is 6.07 Å². The number of likely N-dealkylation sites (tertiary alicyclic amines) is 1. The van der Waals surface area contributed by atoms with Gasteiger partial charge in [-0.25, -0.2) is 4.79 Å². The maximum Gasteiger partial charge on any atom is 0.324 e. The minimum atomic E-state index is -1.03. The van der Waals surface area contributed by atoms with Crippen LogP contribution in [-0.2, 0) is 14.3 Å². The van der Waals surface area contributed by atoms with E-state index in [0.29, 0.717) is 30.8 Å². The Morgan fingerprint density at radius 2 is 2.15 bits per heavy atom. The van der Waals surface area contributed by atoms with E-state index in [9.17, 15) is 19.2 Å². The number of imide groups is 1. The van der Waals surface area contributed by atoms with Crippen molar-refractivity contribution in [2.45, 2.75) is 25.9 Å². The van der Waals surface area contributed by atoms with Gasteiger partial charge < -0.3 is 15.0 Å². The van der Waals surface area contributed by atoms with E-state index in [0.717, 1.165) is 4.90 Å². The van der Waals surface area contributed by atoms with Crippen molar-refractivity contribution in [3.63, 3.8) is 0 Å². The molecule has 4 amide bonds. The lowest BCUT2D eigenvalue weighted by Crippen LogP contribution is -2.45. The first-order valence-corrected chi connectivity index (χ1v) is 9.48. The first kappa shape index (κ1) is 18.4. The summed E-state index contributed by atoms with van der Waals surface area (Å²) in [6.45, 7) is 3.01. The molecule has 0 saturated carbocycles. The average Bonchev–Trinajstić information content (AvgIpc) is 3.32. The fourth-order valence-electron chi connectivity index (χ4n) is 3.13. The predicted octanol–water partition coefficient (Wildman–Crippen LogP) is 1.08. The van der Waals surface area contributed by atoms with Crippen LogP contribution >= 0.6 is 11.3 Å². The molecule has 0 aromatic carbocycles. The highest BCUT2D eigenvalue weighted by Crippen LogP contribution is 2.22. The quantitative estimate of drug-likeness (QED) is 0.790. The van der Waals surface area contributed by atoms with Gasteiger partial charge in [0.2, 0.25) is 0 Å². The lowest BCUT2D eigenvalue weighted by atomic mass is 9.98. The second-order valence-electron chi connectivity index (χ2n) is 6.37. The number of rotatable bonds is 4. The molecule has 26 heavy (non-hydrogen) atoms. The molecule has 0 radical (unpaired) electrons. The van der Waals surface area contributed by atoms with Crippen molar-refractivity contribution in [1.29, 1.82) is 0 Å². The normalized spacial score (nSPS) is 21.3. The third kappa shape index (κ3) is 3.87. The molecule has 3 heterocycles. The van der Waals surface area contributed by atoms with Gasteiger partial charge in [0.05, 0.1) is 10.8 Å². The summed E-state index contributed by atoms with van der Waals surface area (Å²) >= 11 is 1.37. The van der Waals surface area contributed by atoms with Gasteiger partial charge in [-0.15, -0.1) is 11.3 Å². The first-order valence-electron chi connectivity index (χ1n) is 8.60.